The van der Waals surface area contributed by atoms with Crippen molar-refractivity contribution in [1.29, 1.82) is 0 Å². The van der Waals surface area contributed by atoms with Crippen molar-refractivity contribution < 1.29 is 9.53 Å². The fraction of sp³-hybridized carbons (Fsp3) is 0.200. The van der Waals surface area contributed by atoms with Crippen molar-refractivity contribution in [2.75, 3.05) is 23.8 Å². The number of ether oxygens (including phenoxy) is 1. The second-order valence-corrected chi connectivity index (χ2v) is 4.63. The molecule has 20 heavy (non-hydrogen) atoms. The molecule has 0 unspecified atom stereocenters. The maximum absolute atomic E-state index is 12.3. The van der Waals surface area contributed by atoms with Crippen LogP contribution in [-0.4, -0.2) is 24.0 Å². The van der Waals surface area contributed by atoms with Crippen molar-refractivity contribution in [3.05, 3.63) is 47.7 Å². The molecule has 0 atom stereocenters. The highest BCUT2D eigenvalue weighted by atomic mass is 16.5. The minimum absolute atomic E-state index is 0.220. The van der Waals surface area contributed by atoms with Crippen molar-refractivity contribution in [2.45, 2.75) is 6.92 Å². The van der Waals surface area contributed by atoms with Gasteiger partial charge in [-0.2, -0.15) is 0 Å². The molecule has 0 radical (unpaired) electrons. The van der Waals surface area contributed by atoms with E-state index in [-0.39, 0.29) is 5.91 Å². The van der Waals surface area contributed by atoms with Crippen molar-refractivity contribution in [1.82, 2.24) is 4.98 Å². The largest absolute Gasteiger partial charge is 0.489 e. The number of aromatic nitrogens is 1. The summed E-state index contributed by atoms with van der Waals surface area (Å²) in [5.41, 5.74) is 2.41. The van der Waals surface area contributed by atoms with Crippen LogP contribution in [0.4, 0.5) is 11.5 Å². The van der Waals surface area contributed by atoms with Gasteiger partial charge in [-0.1, -0.05) is 12.1 Å². The number of anilines is 2. The monoisotopic (exact) mass is 269 g/mol. The Hall–Kier alpha value is -2.56. The molecule has 2 heterocycles. The van der Waals surface area contributed by atoms with Crippen LogP contribution < -0.4 is 15.4 Å². The first kappa shape index (κ1) is 12.5. The van der Waals surface area contributed by atoms with Crippen molar-refractivity contribution in [3.63, 3.8) is 0 Å². The van der Waals surface area contributed by atoms with Gasteiger partial charge in [0, 0.05) is 12.7 Å². The van der Waals surface area contributed by atoms with Gasteiger partial charge in [-0.3, -0.25) is 4.79 Å². The fourth-order valence-electron chi connectivity index (χ4n) is 2.07. The molecule has 1 aliphatic heterocycles. The second-order valence-electron chi connectivity index (χ2n) is 4.63. The summed E-state index contributed by atoms with van der Waals surface area (Å²) < 4.78 is 5.59. The van der Waals surface area contributed by atoms with Crippen LogP contribution in [0.1, 0.15) is 15.9 Å². The van der Waals surface area contributed by atoms with Crippen molar-refractivity contribution >= 4 is 17.4 Å². The summed E-state index contributed by atoms with van der Waals surface area (Å²) >= 11 is 0. The van der Waals surface area contributed by atoms with E-state index in [1.165, 1.54) is 0 Å². The zero-order chi connectivity index (χ0) is 13.9. The lowest BCUT2D eigenvalue weighted by molar-refractivity contribution is 0.102. The lowest BCUT2D eigenvalue weighted by Crippen LogP contribution is -2.22. The van der Waals surface area contributed by atoms with E-state index in [1.54, 1.807) is 18.3 Å². The highest BCUT2D eigenvalue weighted by Crippen LogP contribution is 2.31. The topological polar surface area (TPSA) is 63.2 Å². The number of para-hydroxylation sites is 1. The molecule has 1 aromatic carbocycles. The molecule has 0 saturated heterocycles. The van der Waals surface area contributed by atoms with E-state index in [0.717, 1.165) is 17.8 Å². The lowest BCUT2D eigenvalue weighted by Gasteiger charge is -2.21. The number of hydrogen-bond acceptors (Lipinski definition) is 4. The second kappa shape index (κ2) is 5.21. The predicted molar refractivity (Wildman–Crippen MR) is 77.4 cm³/mol. The maximum atomic E-state index is 12.3. The van der Waals surface area contributed by atoms with Crippen molar-refractivity contribution in [3.8, 4) is 5.75 Å². The molecule has 0 aliphatic carbocycles. The number of carbonyl (C=O) groups is 1. The smallest absolute Gasteiger partial charge is 0.260 e. The summed E-state index contributed by atoms with van der Waals surface area (Å²) in [6.45, 7) is 3.25. The first-order valence-corrected chi connectivity index (χ1v) is 6.48. The van der Waals surface area contributed by atoms with Crippen LogP contribution >= 0.6 is 0 Å². The van der Waals surface area contributed by atoms with Crippen molar-refractivity contribution in [2.24, 2.45) is 0 Å². The third-order valence-electron chi connectivity index (χ3n) is 3.08. The van der Waals surface area contributed by atoms with Gasteiger partial charge in [-0.15, -0.1) is 0 Å². The Bertz CT molecular complexity index is 638. The number of pyridine rings is 1. The third-order valence-corrected chi connectivity index (χ3v) is 3.08. The highest BCUT2D eigenvalue weighted by Gasteiger charge is 2.19. The number of fused-ring (bicyclic) bond motifs is 1. The Kier molecular flexibility index (Phi) is 3.25. The number of nitrogens with zero attached hydrogens (tertiary/aromatic N) is 1. The molecule has 0 spiro atoms. The molecule has 5 heteroatoms. The molecule has 5 nitrogen and oxygen atoms in total. The van der Waals surface area contributed by atoms with Gasteiger partial charge in [-0.25, -0.2) is 4.98 Å². The predicted octanol–water partition coefficient (Wildman–Crippen LogP) is 2.45. The standard InChI is InChI=1S/C15H15N3O2/c1-10-5-6-13(17-9-10)18-15(19)11-3-2-4-12-14(11)20-8-7-16-12/h2-6,9,16H,7-8H2,1H3,(H,17,18,19). The van der Waals surface area contributed by atoms with E-state index < -0.39 is 0 Å². The Morgan fingerprint density at radius 3 is 3.05 bits per heavy atom. The maximum Gasteiger partial charge on any atom is 0.260 e. The lowest BCUT2D eigenvalue weighted by atomic mass is 10.1. The average Bonchev–Trinajstić information content (AvgIpc) is 2.49. The minimum atomic E-state index is -0.220. The molecule has 2 N–H and O–H groups in total. The summed E-state index contributed by atoms with van der Waals surface area (Å²) in [6.07, 6.45) is 1.72. The van der Waals surface area contributed by atoms with E-state index in [4.69, 9.17) is 4.74 Å². The number of hydrogen-bond donors (Lipinski definition) is 2. The molecular weight excluding hydrogens is 254 g/mol. The number of benzene rings is 1. The summed E-state index contributed by atoms with van der Waals surface area (Å²) in [6, 6.07) is 9.16. The fourth-order valence-corrected chi connectivity index (χ4v) is 2.07. The van der Waals surface area contributed by atoms with Crippen LogP contribution in [0.25, 0.3) is 0 Å². The van der Waals surface area contributed by atoms with E-state index in [1.807, 2.05) is 25.1 Å². The highest BCUT2D eigenvalue weighted by molar-refractivity contribution is 6.07. The third kappa shape index (κ3) is 2.42. The normalized spacial score (nSPS) is 12.8. The van der Waals surface area contributed by atoms with Gasteiger partial charge >= 0.3 is 0 Å². The SMILES string of the molecule is Cc1ccc(NC(=O)c2cccc3c2OCCN3)nc1. The zero-order valence-corrected chi connectivity index (χ0v) is 11.1. The van der Waals surface area contributed by atoms with Gasteiger partial charge < -0.3 is 15.4 Å². The molecule has 2 aromatic rings. The van der Waals surface area contributed by atoms with Crippen LogP contribution in [0.2, 0.25) is 0 Å². The Labute approximate surface area is 117 Å². The first-order valence-electron chi connectivity index (χ1n) is 6.48. The molecule has 0 fully saturated rings. The van der Waals surface area contributed by atoms with Crippen LogP contribution in [0.5, 0.6) is 5.75 Å². The van der Waals surface area contributed by atoms with Gasteiger partial charge in [0.1, 0.15) is 12.4 Å². The quantitative estimate of drug-likeness (QED) is 0.879. The molecule has 0 saturated carbocycles. The van der Waals surface area contributed by atoms with E-state index in [9.17, 15) is 4.79 Å². The van der Waals surface area contributed by atoms with Gasteiger partial charge in [0.25, 0.3) is 5.91 Å². The Morgan fingerprint density at radius 1 is 1.35 bits per heavy atom. The summed E-state index contributed by atoms with van der Waals surface area (Å²) in [7, 11) is 0. The number of amides is 1. The number of rotatable bonds is 2. The minimum Gasteiger partial charge on any atom is -0.489 e. The van der Waals surface area contributed by atoms with Crippen LogP contribution in [-0.2, 0) is 0 Å². The number of nitrogens with one attached hydrogen (secondary N) is 2. The zero-order valence-electron chi connectivity index (χ0n) is 11.1. The van der Waals surface area contributed by atoms with E-state index >= 15 is 0 Å². The molecular formula is C15H15N3O2. The molecule has 1 aromatic heterocycles. The number of aryl methyl sites for hydroxylation is 1. The van der Waals surface area contributed by atoms with Crippen LogP contribution in [0.15, 0.2) is 36.5 Å². The summed E-state index contributed by atoms with van der Waals surface area (Å²) in [4.78, 5) is 16.5. The van der Waals surface area contributed by atoms with Crippen LogP contribution in [0, 0.1) is 6.92 Å². The average molecular weight is 269 g/mol. The summed E-state index contributed by atoms with van der Waals surface area (Å²) in [5, 5.41) is 5.99. The molecule has 102 valence electrons. The summed E-state index contributed by atoms with van der Waals surface area (Å²) in [5.74, 6) is 0.909. The molecule has 1 amide bonds. The molecule has 1 aliphatic rings. The van der Waals surface area contributed by atoms with Gasteiger partial charge in [-0.05, 0) is 30.7 Å². The van der Waals surface area contributed by atoms with E-state index in [2.05, 4.69) is 15.6 Å². The van der Waals surface area contributed by atoms with Gasteiger partial charge in [0.2, 0.25) is 0 Å². The first-order chi connectivity index (χ1) is 9.74. The Morgan fingerprint density at radius 2 is 2.25 bits per heavy atom. The van der Waals surface area contributed by atoms with E-state index in [0.29, 0.717) is 23.7 Å². The van der Waals surface area contributed by atoms with Gasteiger partial charge in [0.05, 0.1) is 11.3 Å². The number of carbonyl (C=O) groups excluding carboxylic acids is 1. The van der Waals surface area contributed by atoms with Gasteiger partial charge in [0.15, 0.2) is 5.75 Å². The van der Waals surface area contributed by atoms with Crippen LogP contribution in [0.3, 0.4) is 0 Å². The molecule has 3 rings (SSSR count). The molecule has 0 bridgehead atoms. The Balaban J connectivity index is 1.85.